The summed E-state index contributed by atoms with van der Waals surface area (Å²) in [6, 6.07) is 38.4. The third-order valence-corrected chi connectivity index (χ3v) is 8.34. The molecule has 0 aromatic heterocycles. The zero-order chi connectivity index (χ0) is 25.3. The normalized spacial score (nSPS) is 13.6. The number of aromatic hydroxyl groups is 2. The third kappa shape index (κ3) is 2.87. The smallest absolute Gasteiger partial charge is 0.119 e. The number of rotatable bonds is 2. The summed E-state index contributed by atoms with van der Waals surface area (Å²) in [4.78, 5) is 0. The van der Waals surface area contributed by atoms with Crippen LogP contribution in [0.25, 0.3) is 32.7 Å². The predicted octanol–water partition coefficient (Wildman–Crippen LogP) is 8.38. The Hall–Kier alpha value is -4.56. The van der Waals surface area contributed by atoms with Gasteiger partial charge in [-0.05, 0) is 104 Å². The molecular weight excluding hydrogens is 452 g/mol. The van der Waals surface area contributed by atoms with Crippen molar-refractivity contribution in [3.05, 3.63) is 143 Å². The summed E-state index contributed by atoms with van der Waals surface area (Å²) in [6.07, 6.45) is 0. The Kier molecular flexibility index (Phi) is 4.53. The second-order valence-corrected chi connectivity index (χ2v) is 10.1. The first-order valence-electron chi connectivity index (χ1n) is 12.6. The molecule has 0 spiro atoms. The highest BCUT2D eigenvalue weighted by Gasteiger charge is 2.46. The predicted molar refractivity (Wildman–Crippen MR) is 152 cm³/mol. The third-order valence-electron chi connectivity index (χ3n) is 8.34. The SMILES string of the molecule is Cc1c(O)ccc2cc(C3(c4ccc5c(C)c(O)ccc5c4)c4ccccc4-c4ccccc43)ccc12. The number of phenols is 2. The number of fused-ring (bicyclic) bond motifs is 5. The summed E-state index contributed by atoms with van der Waals surface area (Å²) < 4.78 is 0. The Morgan fingerprint density at radius 1 is 0.486 bits per heavy atom. The average molecular weight is 479 g/mol. The number of hydrogen-bond acceptors (Lipinski definition) is 2. The van der Waals surface area contributed by atoms with E-state index in [1.54, 1.807) is 12.1 Å². The molecule has 0 atom stereocenters. The Labute approximate surface area is 216 Å². The molecule has 1 aliphatic carbocycles. The number of benzene rings is 6. The average Bonchev–Trinajstić information content (AvgIpc) is 3.24. The molecule has 178 valence electrons. The molecule has 0 heterocycles. The first-order chi connectivity index (χ1) is 18.0. The van der Waals surface area contributed by atoms with E-state index >= 15 is 0 Å². The van der Waals surface area contributed by atoms with E-state index in [4.69, 9.17) is 0 Å². The van der Waals surface area contributed by atoms with Gasteiger partial charge in [-0.3, -0.25) is 0 Å². The molecule has 2 N–H and O–H groups in total. The van der Waals surface area contributed by atoms with Crippen molar-refractivity contribution in [2.24, 2.45) is 0 Å². The first-order valence-corrected chi connectivity index (χ1v) is 12.6. The molecule has 1 aliphatic rings. The van der Waals surface area contributed by atoms with Crippen LogP contribution in [0.2, 0.25) is 0 Å². The molecule has 37 heavy (non-hydrogen) atoms. The molecule has 2 nitrogen and oxygen atoms in total. The van der Waals surface area contributed by atoms with E-state index in [9.17, 15) is 10.2 Å². The van der Waals surface area contributed by atoms with Crippen LogP contribution < -0.4 is 0 Å². The Morgan fingerprint density at radius 2 is 0.919 bits per heavy atom. The molecule has 0 saturated heterocycles. The van der Waals surface area contributed by atoms with Gasteiger partial charge < -0.3 is 10.2 Å². The van der Waals surface area contributed by atoms with Crippen molar-refractivity contribution < 1.29 is 10.2 Å². The molecule has 6 aromatic rings. The molecule has 7 rings (SSSR count). The van der Waals surface area contributed by atoms with Crippen molar-refractivity contribution in [3.8, 4) is 22.6 Å². The lowest BCUT2D eigenvalue weighted by atomic mass is 9.67. The van der Waals surface area contributed by atoms with Gasteiger partial charge >= 0.3 is 0 Å². The van der Waals surface area contributed by atoms with Gasteiger partial charge in [-0.25, -0.2) is 0 Å². The maximum absolute atomic E-state index is 10.3. The molecule has 0 saturated carbocycles. The van der Waals surface area contributed by atoms with Gasteiger partial charge in [0.2, 0.25) is 0 Å². The second kappa shape index (κ2) is 7.72. The minimum absolute atomic E-state index is 0.319. The van der Waals surface area contributed by atoms with Crippen LogP contribution >= 0.6 is 0 Å². The van der Waals surface area contributed by atoms with Crippen molar-refractivity contribution >= 4 is 21.5 Å². The minimum Gasteiger partial charge on any atom is -0.508 e. The highest BCUT2D eigenvalue weighted by atomic mass is 16.3. The van der Waals surface area contributed by atoms with Crippen LogP contribution in [-0.4, -0.2) is 10.2 Å². The molecule has 0 bridgehead atoms. The van der Waals surface area contributed by atoms with Crippen LogP contribution in [0.15, 0.2) is 109 Å². The van der Waals surface area contributed by atoms with Crippen LogP contribution in [0.3, 0.4) is 0 Å². The highest BCUT2D eigenvalue weighted by molar-refractivity contribution is 5.93. The lowest BCUT2D eigenvalue weighted by Crippen LogP contribution is -2.28. The lowest BCUT2D eigenvalue weighted by Gasteiger charge is -2.34. The topological polar surface area (TPSA) is 40.5 Å². The van der Waals surface area contributed by atoms with Crippen molar-refractivity contribution in [2.75, 3.05) is 0 Å². The fourth-order valence-corrected chi connectivity index (χ4v) is 6.44. The summed E-state index contributed by atoms with van der Waals surface area (Å²) in [6.45, 7) is 3.93. The molecule has 6 aromatic carbocycles. The van der Waals surface area contributed by atoms with Crippen LogP contribution in [-0.2, 0) is 5.41 Å². The van der Waals surface area contributed by atoms with Gasteiger partial charge in [0, 0.05) is 0 Å². The highest BCUT2D eigenvalue weighted by Crippen LogP contribution is 2.56. The largest absolute Gasteiger partial charge is 0.508 e. The zero-order valence-corrected chi connectivity index (χ0v) is 20.8. The van der Waals surface area contributed by atoms with Gasteiger partial charge in [0.15, 0.2) is 0 Å². The zero-order valence-electron chi connectivity index (χ0n) is 20.8. The summed E-state index contributed by atoms with van der Waals surface area (Å²) in [5.41, 5.74) is 8.70. The maximum Gasteiger partial charge on any atom is 0.119 e. The van der Waals surface area contributed by atoms with E-state index in [-0.39, 0.29) is 0 Å². The molecule has 0 fully saturated rings. The fourth-order valence-electron chi connectivity index (χ4n) is 6.44. The van der Waals surface area contributed by atoms with Crippen LogP contribution in [0.4, 0.5) is 0 Å². The van der Waals surface area contributed by atoms with Crippen LogP contribution in [0.1, 0.15) is 33.4 Å². The number of phenolic OH excluding ortho intramolecular Hbond substituents is 2. The summed E-state index contributed by atoms with van der Waals surface area (Å²) in [5, 5.41) is 25.0. The van der Waals surface area contributed by atoms with E-state index in [0.717, 1.165) is 32.7 Å². The van der Waals surface area contributed by atoms with Gasteiger partial charge in [-0.2, -0.15) is 0 Å². The quantitative estimate of drug-likeness (QED) is 0.262. The van der Waals surface area contributed by atoms with E-state index in [1.165, 1.54) is 33.4 Å². The first kappa shape index (κ1) is 21.7. The van der Waals surface area contributed by atoms with Gasteiger partial charge in [-0.1, -0.05) is 84.9 Å². The van der Waals surface area contributed by atoms with Gasteiger partial charge in [-0.15, -0.1) is 0 Å². The van der Waals surface area contributed by atoms with E-state index in [0.29, 0.717) is 11.5 Å². The molecule has 0 aliphatic heterocycles. The van der Waals surface area contributed by atoms with Crippen LogP contribution in [0.5, 0.6) is 11.5 Å². The van der Waals surface area contributed by atoms with Gasteiger partial charge in [0.1, 0.15) is 11.5 Å². The monoisotopic (exact) mass is 478 g/mol. The maximum atomic E-state index is 10.3. The van der Waals surface area contributed by atoms with Crippen molar-refractivity contribution in [1.82, 2.24) is 0 Å². The van der Waals surface area contributed by atoms with E-state index < -0.39 is 5.41 Å². The van der Waals surface area contributed by atoms with Crippen molar-refractivity contribution in [1.29, 1.82) is 0 Å². The molecule has 0 radical (unpaired) electrons. The molecule has 2 heteroatoms. The number of hydrogen-bond donors (Lipinski definition) is 2. The number of aryl methyl sites for hydroxylation is 2. The summed E-state index contributed by atoms with van der Waals surface area (Å²) in [7, 11) is 0. The Balaban J connectivity index is 1.62. The van der Waals surface area contributed by atoms with E-state index in [2.05, 4.69) is 84.9 Å². The van der Waals surface area contributed by atoms with Gasteiger partial charge in [0.05, 0.1) is 5.41 Å². The standard InChI is InChI=1S/C35H26O2/c1-21-27-15-13-25(19-23(27)11-17-33(21)36)35(26-14-16-28-22(2)34(37)18-12-24(28)20-26)31-9-5-3-7-29(31)30-8-4-6-10-32(30)35/h3-20,36-37H,1-2H3. The summed E-state index contributed by atoms with van der Waals surface area (Å²) >= 11 is 0. The van der Waals surface area contributed by atoms with Gasteiger partial charge in [0.25, 0.3) is 0 Å². The molecule has 0 unspecified atom stereocenters. The van der Waals surface area contributed by atoms with Crippen LogP contribution in [0, 0.1) is 13.8 Å². The second-order valence-electron chi connectivity index (χ2n) is 10.1. The minimum atomic E-state index is -0.507. The Bertz CT molecular complexity index is 1740. The summed E-state index contributed by atoms with van der Waals surface area (Å²) in [5.74, 6) is 0.638. The fraction of sp³-hybridized carbons (Fsp3) is 0.0857. The van der Waals surface area contributed by atoms with Crippen molar-refractivity contribution in [2.45, 2.75) is 19.3 Å². The lowest BCUT2D eigenvalue weighted by molar-refractivity contribution is 0.471. The van der Waals surface area contributed by atoms with E-state index in [1.807, 2.05) is 26.0 Å². The Morgan fingerprint density at radius 3 is 1.38 bits per heavy atom. The molecule has 0 amide bonds. The van der Waals surface area contributed by atoms with Crippen molar-refractivity contribution in [3.63, 3.8) is 0 Å². The molecular formula is C35H26O2.